The van der Waals surface area contributed by atoms with Crippen LogP contribution in [0.15, 0.2) is 24.3 Å². The fraction of sp³-hybridized carbons (Fsp3) is 0.467. The second kappa shape index (κ2) is 8.62. The number of nitrogens with one attached hydrogen (secondary N) is 1. The maximum absolute atomic E-state index is 12.2. The van der Waals surface area contributed by atoms with Gasteiger partial charge in [0.25, 0.3) is 0 Å². The number of anilines is 1. The highest BCUT2D eigenvalue weighted by molar-refractivity contribution is 6.30. The summed E-state index contributed by atoms with van der Waals surface area (Å²) in [5.74, 6) is 0.647. The fourth-order valence-electron chi connectivity index (χ4n) is 2.46. The van der Waals surface area contributed by atoms with Crippen molar-refractivity contribution in [3.8, 4) is 0 Å². The maximum Gasteiger partial charge on any atom is 0.317 e. The van der Waals surface area contributed by atoms with Gasteiger partial charge in [-0.2, -0.15) is 0 Å². The Labute approximate surface area is 150 Å². The first-order valence-electron chi connectivity index (χ1n) is 7.28. The van der Waals surface area contributed by atoms with Crippen LogP contribution in [-0.4, -0.2) is 54.3 Å². The molecule has 1 fully saturated rings. The smallest absolute Gasteiger partial charge is 0.317 e. The molecule has 3 amide bonds. The lowest BCUT2D eigenvalue weighted by atomic mass is 10.2. The third-order valence-corrected chi connectivity index (χ3v) is 4.18. The lowest BCUT2D eigenvalue weighted by Crippen LogP contribution is -2.47. The van der Waals surface area contributed by atoms with Gasteiger partial charge in [-0.3, -0.25) is 4.79 Å². The summed E-state index contributed by atoms with van der Waals surface area (Å²) in [5.41, 5.74) is 0.773. The van der Waals surface area contributed by atoms with Gasteiger partial charge in [0, 0.05) is 48.5 Å². The molecule has 0 bridgehead atoms. The third kappa shape index (κ3) is 4.90. The van der Waals surface area contributed by atoms with E-state index in [4.69, 9.17) is 34.8 Å². The van der Waals surface area contributed by atoms with Gasteiger partial charge in [-0.1, -0.05) is 11.6 Å². The summed E-state index contributed by atoms with van der Waals surface area (Å²) in [6, 6.07) is 6.56. The summed E-state index contributed by atoms with van der Waals surface area (Å²) in [6.07, 6.45) is 0.268. The standard InChI is InChI=1S/C15H18Cl3N3O2/c16-5-7-20(8-6-17)15(23)19-12-9-14(22)21(10-12)13-3-1-11(18)2-4-13/h1-4,12H,5-10H2,(H,19,23)/t12-/m0/s1. The fourth-order valence-corrected chi connectivity index (χ4v) is 2.99. The van der Waals surface area contributed by atoms with Crippen LogP contribution in [0.3, 0.4) is 0 Å². The highest BCUT2D eigenvalue weighted by Crippen LogP contribution is 2.23. The zero-order valence-corrected chi connectivity index (χ0v) is 14.7. The van der Waals surface area contributed by atoms with E-state index in [-0.39, 0.29) is 24.4 Å². The Balaban J connectivity index is 1.96. The highest BCUT2D eigenvalue weighted by atomic mass is 35.5. The predicted molar refractivity (Wildman–Crippen MR) is 93.8 cm³/mol. The Hall–Kier alpha value is -1.17. The largest absolute Gasteiger partial charge is 0.333 e. The molecule has 0 aliphatic carbocycles. The number of amides is 3. The van der Waals surface area contributed by atoms with Crippen LogP contribution in [0.25, 0.3) is 0 Å². The summed E-state index contributed by atoms with van der Waals surface area (Å²) >= 11 is 17.2. The summed E-state index contributed by atoms with van der Waals surface area (Å²) in [5, 5.41) is 3.49. The molecule has 0 aromatic heterocycles. The number of carbonyl (C=O) groups excluding carboxylic acids is 2. The predicted octanol–water partition coefficient (Wildman–Crippen LogP) is 2.93. The van der Waals surface area contributed by atoms with E-state index in [0.29, 0.717) is 36.4 Å². The molecule has 1 aliphatic rings. The number of alkyl halides is 2. The minimum atomic E-state index is -0.248. The first-order valence-corrected chi connectivity index (χ1v) is 8.73. The Kier molecular flexibility index (Phi) is 6.81. The zero-order chi connectivity index (χ0) is 16.8. The van der Waals surface area contributed by atoms with Gasteiger partial charge in [-0.25, -0.2) is 4.79 Å². The molecule has 8 heteroatoms. The molecule has 1 saturated heterocycles. The van der Waals surface area contributed by atoms with Gasteiger partial charge >= 0.3 is 6.03 Å². The van der Waals surface area contributed by atoms with Crippen molar-refractivity contribution < 1.29 is 9.59 Å². The topological polar surface area (TPSA) is 52.7 Å². The molecule has 1 heterocycles. The Bertz CT molecular complexity index is 547. The number of halogens is 3. The first-order chi connectivity index (χ1) is 11.0. The summed E-state index contributed by atoms with van der Waals surface area (Å²) in [6.45, 7) is 1.27. The lowest BCUT2D eigenvalue weighted by Gasteiger charge is -2.23. The number of carbonyl (C=O) groups is 2. The van der Waals surface area contributed by atoms with E-state index in [1.807, 2.05) is 0 Å². The molecule has 0 radical (unpaired) electrons. The maximum atomic E-state index is 12.2. The van der Waals surface area contributed by atoms with Crippen molar-refractivity contribution in [2.24, 2.45) is 0 Å². The molecule has 1 aromatic carbocycles. The SMILES string of the molecule is O=C(N[C@H]1CC(=O)N(c2ccc(Cl)cc2)C1)N(CCCl)CCCl. The molecule has 0 unspecified atom stereocenters. The van der Waals surface area contributed by atoms with Gasteiger partial charge in [-0.05, 0) is 24.3 Å². The van der Waals surface area contributed by atoms with Gasteiger partial charge in [0.2, 0.25) is 5.91 Å². The van der Waals surface area contributed by atoms with Crippen LogP contribution in [0.1, 0.15) is 6.42 Å². The van der Waals surface area contributed by atoms with E-state index in [2.05, 4.69) is 5.32 Å². The normalized spacial score (nSPS) is 17.4. The number of hydrogen-bond acceptors (Lipinski definition) is 2. The van der Waals surface area contributed by atoms with E-state index < -0.39 is 0 Å². The molecule has 1 aliphatic heterocycles. The quantitative estimate of drug-likeness (QED) is 0.774. The number of rotatable bonds is 6. The van der Waals surface area contributed by atoms with Crippen LogP contribution < -0.4 is 10.2 Å². The Morgan fingerprint density at radius 1 is 1.22 bits per heavy atom. The minimum Gasteiger partial charge on any atom is -0.333 e. The van der Waals surface area contributed by atoms with Crippen molar-refractivity contribution >= 4 is 52.4 Å². The molecule has 0 spiro atoms. The number of hydrogen-bond donors (Lipinski definition) is 1. The van der Waals surface area contributed by atoms with Gasteiger partial charge in [0.1, 0.15) is 0 Å². The van der Waals surface area contributed by atoms with E-state index >= 15 is 0 Å². The van der Waals surface area contributed by atoms with E-state index in [0.717, 1.165) is 5.69 Å². The average Bonchev–Trinajstić information content (AvgIpc) is 2.88. The molecule has 126 valence electrons. The molecular formula is C15H18Cl3N3O2. The number of nitrogens with zero attached hydrogens (tertiary/aromatic N) is 2. The van der Waals surface area contributed by atoms with Crippen molar-refractivity contribution in [1.82, 2.24) is 10.2 Å². The van der Waals surface area contributed by atoms with Crippen LogP contribution in [-0.2, 0) is 4.79 Å². The molecular weight excluding hydrogens is 361 g/mol. The molecule has 2 rings (SSSR count). The van der Waals surface area contributed by atoms with Gasteiger partial charge in [-0.15, -0.1) is 23.2 Å². The van der Waals surface area contributed by atoms with Crippen molar-refractivity contribution in [3.05, 3.63) is 29.3 Å². The lowest BCUT2D eigenvalue weighted by molar-refractivity contribution is -0.117. The van der Waals surface area contributed by atoms with Crippen molar-refractivity contribution in [2.45, 2.75) is 12.5 Å². The van der Waals surface area contributed by atoms with Gasteiger partial charge in [0.15, 0.2) is 0 Å². The van der Waals surface area contributed by atoms with Gasteiger partial charge in [0.05, 0.1) is 6.04 Å². The van der Waals surface area contributed by atoms with Crippen LogP contribution in [0.5, 0.6) is 0 Å². The average molecular weight is 379 g/mol. The van der Waals surface area contributed by atoms with Gasteiger partial charge < -0.3 is 15.1 Å². The van der Waals surface area contributed by atoms with E-state index in [1.54, 1.807) is 34.1 Å². The van der Waals surface area contributed by atoms with Crippen LogP contribution in [0, 0.1) is 0 Å². The third-order valence-electron chi connectivity index (χ3n) is 3.59. The van der Waals surface area contributed by atoms with Crippen molar-refractivity contribution in [2.75, 3.05) is 36.3 Å². The van der Waals surface area contributed by atoms with Crippen LogP contribution in [0.4, 0.5) is 10.5 Å². The molecule has 1 aromatic rings. The molecule has 0 saturated carbocycles. The molecule has 5 nitrogen and oxygen atoms in total. The van der Waals surface area contributed by atoms with Crippen molar-refractivity contribution in [1.29, 1.82) is 0 Å². The van der Waals surface area contributed by atoms with Crippen molar-refractivity contribution in [3.63, 3.8) is 0 Å². The molecule has 23 heavy (non-hydrogen) atoms. The second-order valence-electron chi connectivity index (χ2n) is 5.20. The monoisotopic (exact) mass is 377 g/mol. The highest BCUT2D eigenvalue weighted by Gasteiger charge is 2.32. The van der Waals surface area contributed by atoms with Crippen LogP contribution >= 0.6 is 34.8 Å². The summed E-state index contributed by atoms with van der Waals surface area (Å²) in [7, 11) is 0. The second-order valence-corrected chi connectivity index (χ2v) is 6.39. The first kappa shape index (κ1) is 18.2. The van der Waals surface area contributed by atoms with E-state index in [1.165, 1.54) is 0 Å². The zero-order valence-electron chi connectivity index (χ0n) is 12.5. The van der Waals surface area contributed by atoms with E-state index in [9.17, 15) is 9.59 Å². The molecule has 1 N–H and O–H groups in total. The number of urea groups is 1. The minimum absolute atomic E-state index is 0.0288. The molecule has 1 atom stereocenters. The Morgan fingerprint density at radius 3 is 2.39 bits per heavy atom. The van der Waals surface area contributed by atoms with Crippen LogP contribution in [0.2, 0.25) is 5.02 Å². The number of benzene rings is 1. The summed E-state index contributed by atoms with van der Waals surface area (Å²) in [4.78, 5) is 27.6. The summed E-state index contributed by atoms with van der Waals surface area (Å²) < 4.78 is 0. The Morgan fingerprint density at radius 2 is 1.83 bits per heavy atom.